The summed E-state index contributed by atoms with van der Waals surface area (Å²) in [6.07, 6.45) is 4.21. The Bertz CT molecular complexity index is 1110. The van der Waals surface area contributed by atoms with Crippen molar-refractivity contribution in [3.63, 3.8) is 0 Å². The number of carbonyl (C=O) groups excluding carboxylic acids is 1. The Kier molecular flexibility index (Phi) is 6.32. The number of allylic oxidation sites excluding steroid dienone is 1. The quantitative estimate of drug-likeness (QED) is 0.252. The first-order valence-corrected chi connectivity index (χ1v) is 11.5. The summed E-state index contributed by atoms with van der Waals surface area (Å²) in [5.74, 6) is 1.95. The smallest absolute Gasteiger partial charge is 0.192 e. The molecule has 0 aliphatic heterocycles. The summed E-state index contributed by atoms with van der Waals surface area (Å²) in [4.78, 5) is 12.9. The Morgan fingerprint density at radius 3 is 2.77 bits per heavy atom. The molecule has 0 spiro atoms. The molecule has 0 unspecified atom stereocenters. The predicted octanol–water partition coefficient (Wildman–Crippen LogP) is 5.08. The van der Waals surface area contributed by atoms with Crippen LogP contribution in [-0.4, -0.2) is 30.9 Å². The van der Waals surface area contributed by atoms with Gasteiger partial charge in [-0.15, -0.1) is 16.8 Å². The minimum atomic E-state index is 0.121. The Morgan fingerprint density at radius 1 is 1.26 bits per heavy atom. The minimum Gasteiger partial charge on any atom is -0.486 e. The first-order chi connectivity index (χ1) is 15.0. The second-order valence-electron chi connectivity index (χ2n) is 8.00. The molecule has 31 heavy (non-hydrogen) atoms. The number of aryl methyl sites for hydroxylation is 2. The molecule has 3 aromatic rings. The van der Waals surface area contributed by atoms with Crippen molar-refractivity contribution in [3.8, 4) is 5.75 Å². The van der Waals surface area contributed by atoms with E-state index in [4.69, 9.17) is 4.74 Å². The van der Waals surface area contributed by atoms with Gasteiger partial charge in [0.2, 0.25) is 0 Å². The molecule has 0 atom stereocenters. The lowest BCUT2D eigenvalue weighted by atomic mass is 10.2. The van der Waals surface area contributed by atoms with Crippen LogP contribution in [0.4, 0.5) is 0 Å². The molecule has 2 heterocycles. The fourth-order valence-electron chi connectivity index (χ4n) is 3.86. The topological polar surface area (TPSA) is 61.9 Å². The average molecular weight is 437 g/mol. The molecule has 2 aromatic heterocycles. The molecule has 1 aliphatic carbocycles. The van der Waals surface area contributed by atoms with Crippen LogP contribution in [0.2, 0.25) is 0 Å². The molecule has 7 heteroatoms. The van der Waals surface area contributed by atoms with Crippen LogP contribution < -0.4 is 4.74 Å². The van der Waals surface area contributed by atoms with E-state index in [1.807, 2.05) is 48.7 Å². The van der Waals surface area contributed by atoms with Gasteiger partial charge in [0.05, 0.1) is 5.75 Å². The van der Waals surface area contributed by atoms with Crippen LogP contribution in [0.1, 0.15) is 52.0 Å². The lowest BCUT2D eigenvalue weighted by molar-refractivity contribution is 0.102. The van der Waals surface area contributed by atoms with Gasteiger partial charge in [-0.1, -0.05) is 30.0 Å². The first kappa shape index (κ1) is 21.4. The number of thioether (sulfide) groups is 1. The number of rotatable bonds is 10. The zero-order chi connectivity index (χ0) is 22.0. The van der Waals surface area contributed by atoms with E-state index in [-0.39, 0.29) is 5.78 Å². The Balaban J connectivity index is 1.44. The maximum absolute atomic E-state index is 12.9. The van der Waals surface area contributed by atoms with Crippen molar-refractivity contribution in [3.05, 3.63) is 71.3 Å². The average Bonchev–Trinajstić information content (AvgIpc) is 3.43. The zero-order valence-electron chi connectivity index (χ0n) is 18.3. The number of carbonyl (C=O) groups is 1. The molecule has 1 aromatic carbocycles. The van der Waals surface area contributed by atoms with Crippen molar-refractivity contribution < 1.29 is 9.53 Å². The number of hydrogen-bond acceptors (Lipinski definition) is 5. The van der Waals surface area contributed by atoms with Crippen molar-refractivity contribution in [1.29, 1.82) is 0 Å². The summed E-state index contributed by atoms with van der Waals surface area (Å²) >= 11 is 1.41. The summed E-state index contributed by atoms with van der Waals surface area (Å²) in [6, 6.07) is 10.5. The van der Waals surface area contributed by atoms with Crippen molar-refractivity contribution in [2.75, 3.05) is 5.75 Å². The molecule has 0 bridgehead atoms. The lowest BCUT2D eigenvalue weighted by Gasteiger charge is -2.10. The number of nitrogens with zero attached hydrogens (tertiary/aromatic N) is 4. The molecule has 162 valence electrons. The van der Waals surface area contributed by atoms with Crippen LogP contribution >= 0.6 is 11.8 Å². The normalized spacial score (nSPS) is 13.4. The second kappa shape index (κ2) is 9.14. The van der Waals surface area contributed by atoms with Crippen molar-refractivity contribution in [1.82, 2.24) is 19.3 Å². The van der Waals surface area contributed by atoms with E-state index in [2.05, 4.69) is 28.3 Å². The van der Waals surface area contributed by atoms with Gasteiger partial charge in [-0.05, 0) is 57.4 Å². The van der Waals surface area contributed by atoms with Crippen molar-refractivity contribution in [2.45, 2.75) is 58.0 Å². The third-order valence-corrected chi connectivity index (χ3v) is 6.46. The van der Waals surface area contributed by atoms with Gasteiger partial charge < -0.3 is 9.30 Å². The van der Waals surface area contributed by atoms with Crippen LogP contribution in [0.15, 0.2) is 48.1 Å². The summed E-state index contributed by atoms with van der Waals surface area (Å²) < 4.78 is 10.1. The zero-order valence-corrected chi connectivity index (χ0v) is 19.1. The Hall–Kier alpha value is -2.80. The number of aromatic nitrogens is 4. The van der Waals surface area contributed by atoms with E-state index < -0.39 is 0 Å². The van der Waals surface area contributed by atoms with E-state index in [0.717, 1.165) is 22.6 Å². The highest BCUT2D eigenvalue weighted by Crippen LogP contribution is 2.38. The van der Waals surface area contributed by atoms with Gasteiger partial charge in [-0.25, -0.2) is 0 Å². The van der Waals surface area contributed by atoms with Gasteiger partial charge >= 0.3 is 0 Å². The van der Waals surface area contributed by atoms with E-state index >= 15 is 0 Å². The van der Waals surface area contributed by atoms with E-state index in [9.17, 15) is 4.79 Å². The number of Topliss-reactive ketones (excluding diaryl/α,β-unsaturated/α-hetero) is 1. The minimum absolute atomic E-state index is 0.121. The summed E-state index contributed by atoms with van der Waals surface area (Å²) in [6.45, 7) is 10.9. The third-order valence-electron chi connectivity index (χ3n) is 5.49. The molecule has 0 N–H and O–H groups in total. The molecule has 1 fully saturated rings. The number of ketones is 1. The maximum atomic E-state index is 12.9. The van der Waals surface area contributed by atoms with Crippen LogP contribution in [0.25, 0.3) is 0 Å². The van der Waals surface area contributed by atoms with Gasteiger partial charge in [0.15, 0.2) is 16.8 Å². The van der Waals surface area contributed by atoms with Gasteiger partial charge in [0.25, 0.3) is 0 Å². The third kappa shape index (κ3) is 4.77. The SMILES string of the molecule is C=CCn1c(COc2cccc(C)c2)nnc1SCC(=O)c1cc(C)n(C2CC2)c1C. The molecular formula is C24H28N4O2S. The number of ether oxygens (including phenoxy) is 1. The van der Waals surface area contributed by atoms with Crippen LogP contribution in [0, 0.1) is 20.8 Å². The van der Waals surface area contributed by atoms with Crippen LogP contribution in [0.5, 0.6) is 5.75 Å². The summed E-state index contributed by atoms with van der Waals surface area (Å²) in [7, 11) is 0. The summed E-state index contributed by atoms with van der Waals surface area (Å²) in [5, 5.41) is 9.30. The fraction of sp³-hybridized carbons (Fsp3) is 0.375. The number of hydrogen-bond donors (Lipinski definition) is 0. The van der Waals surface area contributed by atoms with Crippen LogP contribution in [0.3, 0.4) is 0 Å². The highest BCUT2D eigenvalue weighted by atomic mass is 32.2. The molecule has 0 saturated heterocycles. The van der Waals surface area contributed by atoms with E-state index in [1.165, 1.54) is 30.3 Å². The largest absolute Gasteiger partial charge is 0.486 e. The van der Waals surface area contributed by atoms with Crippen LogP contribution in [-0.2, 0) is 13.2 Å². The molecular weight excluding hydrogens is 408 g/mol. The Morgan fingerprint density at radius 2 is 2.06 bits per heavy atom. The monoisotopic (exact) mass is 436 g/mol. The first-order valence-electron chi connectivity index (χ1n) is 10.5. The number of benzene rings is 1. The lowest BCUT2D eigenvalue weighted by Crippen LogP contribution is -2.09. The van der Waals surface area contributed by atoms with Gasteiger partial charge in [0, 0.05) is 29.5 Å². The van der Waals surface area contributed by atoms with Gasteiger partial charge in [-0.2, -0.15) is 0 Å². The highest BCUT2D eigenvalue weighted by Gasteiger charge is 2.28. The highest BCUT2D eigenvalue weighted by molar-refractivity contribution is 7.99. The molecule has 4 rings (SSSR count). The second-order valence-corrected chi connectivity index (χ2v) is 8.94. The predicted molar refractivity (Wildman–Crippen MR) is 123 cm³/mol. The van der Waals surface area contributed by atoms with Gasteiger partial charge in [-0.3, -0.25) is 9.36 Å². The molecule has 1 aliphatic rings. The maximum Gasteiger partial charge on any atom is 0.192 e. The Labute approximate surface area is 187 Å². The van der Waals surface area contributed by atoms with E-state index in [0.29, 0.717) is 35.9 Å². The molecule has 0 amide bonds. The molecule has 0 radical (unpaired) electrons. The molecule has 6 nitrogen and oxygen atoms in total. The summed E-state index contributed by atoms with van der Waals surface area (Å²) in [5.41, 5.74) is 4.19. The van der Waals surface area contributed by atoms with Crippen molar-refractivity contribution in [2.24, 2.45) is 0 Å². The van der Waals surface area contributed by atoms with Crippen molar-refractivity contribution >= 4 is 17.5 Å². The fourth-order valence-corrected chi connectivity index (χ4v) is 4.71. The van der Waals surface area contributed by atoms with Gasteiger partial charge in [0.1, 0.15) is 12.4 Å². The molecule has 1 saturated carbocycles. The van der Waals surface area contributed by atoms with E-state index in [1.54, 1.807) is 6.08 Å². The standard InChI is InChI=1S/C24H28N4O2S/c1-5-11-27-23(14-30-20-8-6-7-16(2)12-20)25-26-24(27)31-15-22(29)21-13-17(3)28(18(21)4)19-9-10-19/h5-8,12-13,19H,1,9-11,14-15H2,2-4H3.